The molecule has 0 spiro atoms. The van der Waals surface area contributed by atoms with Gasteiger partial charge in [0.25, 0.3) is 0 Å². The molecule has 0 radical (unpaired) electrons. The minimum atomic E-state index is -1.03. The lowest BCUT2D eigenvalue weighted by Crippen LogP contribution is -2.06. The van der Waals surface area contributed by atoms with E-state index in [1.807, 2.05) is 0 Å². The van der Waals surface area contributed by atoms with Gasteiger partial charge in [0.05, 0.1) is 56.3 Å². The molecule has 5 heteroatoms. The van der Waals surface area contributed by atoms with Crippen molar-refractivity contribution in [1.29, 1.82) is 0 Å². The minimum Gasteiger partial charge on any atom is -0.309 e. The topological polar surface area (TPSA) is 48.5 Å². The SMILES string of the molecule is [2H]c1c([2H])c([2H])c(-c2nc(-c3c([2H])c([2H])c(-n4c5c([2H])c([2H])c([2H])c([2H])c5c5c([2H])c([2H])c([2H])c([2H])c54)c([2H])c3[2H])nc(-n3c4c([2H])c([2H])c([2H])c([2H])c4c4c([2H])c([2H])c([2H])c([2H])c43)n2)c([2H])c1[2H]. The van der Waals surface area contributed by atoms with E-state index in [0.717, 1.165) is 9.13 Å². The Hall–Kier alpha value is -6.07. The van der Waals surface area contributed by atoms with Gasteiger partial charge in [-0.05, 0) is 48.3 Å². The smallest absolute Gasteiger partial charge is 0.238 e. The molecule has 9 aromatic rings. The summed E-state index contributed by atoms with van der Waals surface area (Å²) in [4.78, 5) is 13.0. The Bertz CT molecular complexity index is 3700. The van der Waals surface area contributed by atoms with E-state index in [2.05, 4.69) is 15.0 Å². The molecule has 3 heterocycles. The van der Waals surface area contributed by atoms with Gasteiger partial charge in [0, 0.05) is 38.4 Å². The number of hydrogen-bond donors (Lipinski definition) is 0. The zero-order valence-corrected chi connectivity index (χ0v) is 21.7. The highest BCUT2D eigenvalue weighted by molar-refractivity contribution is 6.10. The van der Waals surface area contributed by atoms with Crippen molar-refractivity contribution in [1.82, 2.24) is 24.1 Å². The van der Waals surface area contributed by atoms with Crippen LogP contribution in [-0.2, 0) is 0 Å². The predicted octanol–water partition coefficient (Wildman–Crippen LogP) is 9.40. The molecule has 0 amide bonds. The van der Waals surface area contributed by atoms with Gasteiger partial charge in [0.2, 0.25) is 5.95 Å². The molecule has 5 nitrogen and oxygen atoms in total. The van der Waals surface area contributed by atoms with Crippen LogP contribution in [0.25, 0.3) is 78.0 Å². The van der Waals surface area contributed by atoms with E-state index in [4.69, 9.17) is 28.8 Å². The number of para-hydroxylation sites is 4. The van der Waals surface area contributed by atoms with Crippen molar-refractivity contribution >= 4 is 43.6 Å². The van der Waals surface area contributed by atoms with Crippen LogP contribution in [0.15, 0.2) is 151 Å². The average Bonchev–Trinajstić information content (AvgIpc) is 3.87. The second-order valence-corrected chi connectivity index (χ2v) is 9.07. The largest absolute Gasteiger partial charge is 0.309 e. The van der Waals surface area contributed by atoms with Crippen LogP contribution >= 0.6 is 0 Å². The van der Waals surface area contributed by atoms with Gasteiger partial charge in [-0.25, -0.2) is 4.98 Å². The summed E-state index contributed by atoms with van der Waals surface area (Å²) in [7, 11) is 0. The van der Waals surface area contributed by atoms with Crippen LogP contribution < -0.4 is 0 Å². The summed E-state index contributed by atoms with van der Waals surface area (Å²) < 4.78 is 220. The van der Waals surface area contributed by atoms with Crippen LogP contribution in [0.1, 0.15) is 34.3 Å². The number of benzene rings is 6. The van der Waals surface area contributed by atoms with Gasteiger partial charge < -0.3 is 4.57 Å². The zero-order valence-electron chi connectivity index (χ0n) is 46.7. The summed E-state index contributed by atoms with van der Waals surface area (Å²) in [5.74, 6) is -2.51. The third-order valence-corrected chi connectivity index (χ3v) is 6.67. The molecule has 0 aliphatic carbocycles. The van der Waals surface area contributed by atoms with Crippen molar-refractivity contribution in [2.75, 3.05) is 0 Å². The van der Waals surface area contributed by atoms with Gasteiger partial charge in [0.1, 0.15) is 0 Å². The second-order valence-electron chi connectivity index (χ2n) is 9.07. The minimum absolute atomic E-state index is 0.434. The Morgan fingerprint density at radius 2 is 0.750 bits per heavy atom. The first-order valence-corrected chi connectivity index (χ1v) is 12.7. The molecule has 0 aliphatic rings. The molecular formula is C39H25N5. The average molecular weight is 589 g/mol. The van der Waals surface area contributed by atoms with Crippen LogP contribution in [0, 0.1) is 0 Å². The summed E-state index contributed by atoms with van der Waals surface area (Å²) in [5.41, 5.74) is -4.48. The number of nitrogens with zero attached hydrogens (tertiary/aromatic N) is 5. The summed E-state index contributed by atoms with van der Waals surface area (Å²) in [6.45, 7) is 0. The van der Waals surface area contributed by atoms with Crippen molar-refractivity contribution in [3.05, 3.63) is 151 Å². The zero-order chi connectivity index (χ0) is 50.8. The number of hydrogen-bond acceptors (Lipinski definition) is 3. The molecule has 0 aliphatic heterocycles. The lowest BCUT2D eigenvalue weighted by molar-refractivity contribution is 0.953. The molecule has 6 aromatic carbocycles. The molecule has 0 atom stereocenters. The fraction of sp³-hybridized carbons (Fsp3) is 0. The molecule has 3 aromatic heterocycles. The number of aromatic nitrogens is 5. The summed E-state index contributed by atoms with van der Waals surface area (Å²) >= 11 is 0. The van der Waals surface area contributed by atoms with Crippen molar-refractivity contribution in [3.63, 3.8) is 0 Å². The Balaban J connectivity index is 1.48. The van der Waals surface area contributed by atoms with Crippen molar-refractivity contribution in [2.24, 2.45) is 0 Å². The van der Waals surface area contributed by atoms with E-state index in [0.29, 0.717) is 0 Å². The Morgan fingerprint density at radius 3 is 1.23 bits per heavy atom. The van der Waals surface area contributed by atoms with E-state index in [9.17, 15) is 5.48 Å². The predicted molar refractivity (Wildman–Crippen MR) is 179 cm³/mol. The van der Waals surface area contributed by atoms with Crippen molar-refractivity contribution in [3.8, 4) is 34.4 Å². The summed E-state index contributed by atoms with van der Waals surface area (Å²) in [6, 6.07) is -21.3. The van der Waals surface area contributed by atoms with Gasteiger partial charge in [0.15, 0.2) is 11.6 Å². The first kappa shape index (κ1) is 10.3. The molecule has 0 bridgehead atoms. The number of rotatable bonds is 4. The van der Waals surface area contributed by atoms with Crippen LogP contribution in [0.3, 0.4) is 0 Å². The molecular weight excluding hydrogens is 538 g/mol. The first-order valence-electron chi connectivity index (χ1n) is 25.2. The second kappa shape index (κ2) is 9.75. The highest BCUT2D eigenvalue weighted by Crippen LogP contribution is 2.34. The van der Waals surface area contributed by atoms with Crippen LogP contribution in [-0.4, -0.2) is 24.1 Å². The Labute approximate surface area is 288 Å². The number of fused-ring (bicyclic) bond motifs is 6. The standard InChI is InChI=1S/C39H25N5/c1-2-12-26(13-3-1)37-40-38(42-39(41-37)44-35-20-10-6-16-31(35)32-17-7-11-21-36(32)44)27-22-24-28(25-23-27)43-33-18-8-4-14-29(33)30-15-5-9-19-34(30)43/h1-25H/i1D,2D,3D,4D,5D,6D,7D,8D,9D,10D,11D,12D,13D,14D,15D,16D,17D,18D,19D,20D,21D,22D,23D,24D,25D. The highest BCUT2D eigenvalue weighted by atomic mass is 15.2. The fourth-order valence-corrected chi connectivity index (χ4v) is 4.84. The summed E-state index contributed by atoms with van der Waals surface area (Å²) in [6.07, 6.45) is 0. The highest BCUT2D eigenvalue weighted by Gasteiger charge is 2.18. The quantitative estimate of drug-likeness (QED) is 0.206. The van der Waals surface area contributed by atoms with Gasteiger partial charge in [-0.15, -0.1) is 0 Å². The van der Waals surface area contributed by atoms with Crippen LogP contribution in [0.2, 0.25) is 0 Å². The molecule has 206 valence electrons. The molecule has 0 fully saturated rings. The third kappa shape index (κ3) is 3.76. The van der Waals surface area contributed by atoms with Crippen molar-refractivity contribution in [2.45, 2.75) is 0 Å². The molecule has 0 unspecified atom stereocenters. The molecule has 9 rings (SSSR count). The molecule has 44 heavy (non-hydrogen) atoms. The van der Waals surface area contributed by atoms with E-state index in [-0.39, 0.29) is 0 Å². The van der Waals surface area contributed by atoms with E-state index in [1.54, 1.807) is 0 Å². The molecule has 0 saturated carbocycles. The van der Waals surface area contributed by atoms with Crippen LogP contribution in [0.5, 0.6) is 0 Å². The lowest BCUT2D eigenvalue weighted by Gasteiger charge is -2.12. The Kier molecular flexibility index (Phi) is 2.28. The van der Waals surface area contributed by atoms with Gasteiger partial charge >= 0.3 is 0 Å². The van der Waals surface area contributed by atoms with Gasteiger partial charge in [-0.2, -0.15) is 9.97 Å². The van der Waals surface area contributed by atoms with Crippen LogP contribution in [0.4, 0.5) is 0 Å². The monoisotopic (exact) mass is 588 g/mol. The van der Waals surface area contributed by atoms with Gasteiger partial charge in [-0.3, -0.25) is 4.57 Å². The lowest BCUT2D eigenvalue weighted by atomic mass is 10.1. The third-order valence-electron chi connectivity index (χ3n) is 6.67. The maximum absolute atomic E-state index is 9.39. The molecule has 0 N–H and O–H groups in total. The van der Waals surface area contributed by atoms with E-state index >= 15 is 0 Å². The molecule has 0 saturated heterocycles. The Morgan fingerprint density at radius 1 is 0.364 bits per heavy atom. The van der Waals surface area contributed by atoms with E-state index < -0.39 is 229 Å². The van der Waals surface area contributed by atoms with E-state index in [1.165, 1.54) is 0 Å². The maximum atomic E-state index is 9.39. The van der Waals surface area contributed by atoms with Gasteiger partial charge in [-0.1, -0.05) is 103 Å². The fourth-order valence-electron chi connectivity index (χ4n) is 4.84. The normalized spacial score (nSPS) is 19.6. The van der Waals surface area contributed by atoms with Crippen molar-refractivity contribution < 1.29 is 34.3 Å². The summed E-state index contributed by atoms with van der Waals surface area (Å²) in [5, 5.41) is -1.75. The first-order chi connectivity index (χ1) is 32.2. The maximum Gasteiger partial charge on any atom is 0.238 e.